The standard InChI is InChI=1S/C9H20N2O/c1-4-10-9-6-11(2)5-8(9)7-12-3/h8-10H,4-7H2,1-3H3. The van der Waals surface area contributed by atoms with Gasteiger partial charge in [0.25, 0.3) is 0 Å². The summed E-state index contributed by atoms with van der Waals surface area (Å²) in [5, 5.41) is 3.49. The SMILES string of the molecule is CCNC1CN(C)CC1COC. The van der Waals surface area contributed by atoms with Crippen LogP contribution in [0.15, 0.2) is 0 Å². The fraction of sp³-hybridized carbons (Fsp3) is 1.00. The second-order valence-corrected chi connectivity index (χ2v) is 3.60. The van der Waals surface area contributed by atoms with Crippen molar-refractivity contribution in [3.8, 4) is 0 Å². The van der Waals surface area contributed by atoms with Crippen LogP contribution in [0.2, 0.25) is 0 Å². The summed E-state index contributed by atoms with van der Waals surface area (Å²) in [5.41, 5.74) is 0. The van der Waals surface area contributed by atoms with Crippen LogP contribution >= 0.6 is 0 Å². The molecule has 0 radical (unpaired) electrons. The summed E-state index contributed by atoms with van der Waals surface area (Å²) in [6.45, 7) is 6.40. The van der Waals surface area contributed by atoms with Gasteiger partial charge in [0.2, 0.25) is 0 Å². The molecule has 0 amide bonds. The molecule has 0 saturated carbocycles. The molecule has 0 aromatic carbocycles. The Morgan fingerprint density at radius 1 is 1.50 bits per heavy atom. The van der Waals surface area contributed by atoms with E-state index in [4.69, 9.17) is 4.74 Å². The van der Waals surface area contributed by atoms with Crippen LogP contribution < -0.4 is 5.32 Å². The van der Waals surface area contributed by atoms with Crippen molar-refractivity contribution in [1.29, 1.82) is 0 Å². The Hall–Kier alpha value is -0.120. The number of nitrogens with zero attached hydrogens (tertiary/aromatic N) is 1. The maximum absolute atomic E-state index is 5.18. The molecule has 0 aromatic rings. The summed E-state index contributed by atoms with van der Waals surface area (Å²) in [5.74, 6) is 0.667. The van der Waals surface area contributed by atoms with Gasteiger partial charge in [-0.05, 0) is 13.6 Å². The van der Waals surface area contributed by atoms with Crippen LogP contribution in [0.5, 0.6) is 0 Å². The topological polar surface area (TPSA) is 24.5 Å². The van der Waals surface area contributed by atoms with Crippen LogP contribution in [-0.4, -0.2) is 51.3 Å². The van der Waals surface area contributed by atoms with E-state index < -0.39 is 0 Å². The van der Waals surface area contributed by atoms with Gasteiger partial charge in [0, 0.05) is 32.2 Å². The number of hydrogen-bond acceptors (Lipinski definition) is 3. The lowest BCUT2D eigenvalue weighted by atomic mass is 10.1. The molecule has 1 aliphatic heterocycles. The summed E-state index contributed by atoms with van der Waals surface area (Å²) in [6.07, 6.45) is 0. The van der Waals surface area contributed by atoms with Gasteiger partial charge < -0.3 is 15.0 Å². The van der Waals surface area contributed by atoms with E-state index in [-0.39, 0.29) is 0 Å². The Morgan fingerprint density at radius 3 is 2.83 bits per heavy atom. The highest BCUT2D eigenvalue weighted by Gasteiger charge is 2.29. The normalized spacial score (nSPS) is 31.2. The van der Waals surface area contributed by atoms with Crippen molar-refractivity contribution < 1.29 is 4.74 Å². The van der Waals surface area contributed by atoms with Gasteiger partial charge in [0.05, 0.1) is 6.61 Å². The number of likely N-dealkylation sites (tertiary alicyclic amines) is 1. The molecular weight excluding hydrogens is 152 g/mol. The first-order valence-corrected chi connectivity index (χ1v) is 4.68. The first-order valence-electron chi connectivity index (χ1n) is 4.68. The number of likely N-dealkylation sites (N-methyl/N-ethyl adjacent to an activating group) is 2. The minimum absolute atomic E-state index is 0.625. The van der Waals surface area contributed by atoms with E-state index in [0.29, 0.717) is 12.0 Å². The second-order valence-electron chi connectivity index (χ2n) is 3.60. The third kappa shape index (κ3) is 2.44. The fourth-order valence-corrected chi connectivity index (χ4v) is 1.96. The average molecular weight is 172 g/mol. The van der Waals surface area contributed by atoms with Gasteiger partial charge in [0.15, 0.2) is 0 Å². The van der Waals surface area contributed by atoms with Crippen molar-refractivity contribution in [1.82, 2.24) is 10.2 Å². The first-order chi connectivity index (χ1) is 5.77. The molecule has 0 bridgehead atoms. The predicted octanol–water partition coefficient (Wildman–Crippen LogP) is 0.173. The zero-order valence-corrected chi connectivity index (χ0v) is 8.34. The Labute approximate surface area is 75.1 Å². The van der Waals surface area contributed by atoms with Crippen molar-refractivity contribution >= 4 is 0 Å². The van der Waals surface area contributed by atoms with Gasteiger partial charge in [0.1, 0.15) is 0 Å². The smallest absolute Gasteiger partial charge is 0.0518 e. The van der Waals surface area contributed by atoms with Gasteiger partial charge in [-0.3, -0.25) is 0 Å². The molecule has 72 valence electrons. The van der Waals surface area contributed by atoms with Gasteiger partial charge >= 0.3 is 0 Å². The summed E-state index contributed by atoms with van der Waals surface area (Å²) in [4.78, 5) is 2.36. The molecule has 1 fully saturated rings. The third-order valence-electron chi connectivity index (χ3n) is 2.47. The first kappa shape index (κ1) is 9.96. The molecule has 2 unspecified atom stereocenters. The minimum Gasteiger partial charge on any atom is -0.384 e. The number of rotatable bonds is 4. The molecule has 3 heteroatoms. The molecule has 0 spiro atoms. The third-order valence-corrected chi connectivity index (χ3v) is 2.47. The molecule has 12 heavy (non-hydrogen) atoms. The fourth-order valence-electron chi connectivity index (χ4n) is 1.96. The Kier molecular flexibility index (Phi) is 3.98. The molecule has 3 nitrogen and oxygen atoms in total. The molecule has 0 aromatic heterocycles. The van der Waals surface area contributed by atoms with Crippen molar-refractivity contribution in [2.24, 2.45) is 5.92 Å². The maximum atomic E-state index is 5.18. The Morgan fingerprint density at radius 2 is 2.25 bits per heavy atom. The van der Waals surface area contributed by atoms with Gasteiger partial charge in [-0.15, -0.1) is 0 Å². The number of nitrogens with one attached hydrogen (secondary N) is 1. The quantitative estimate of drug-likeness (QED) is 0.654. The minimum atomic E-state index is 0.625. The van der Waals surface area contributed by atoms with Crippen LogP contribution in [0.1, 0.15) is 6.92 Å². The van der Waals surface area contributed by atoms with Gasteiger partial charge in [-0.1, -0.05) is 6.92 Å². The van der Waals surface area contributed by atoms with Crippen LogP contribution in [0, 0.1) is 5.92 Å². The van der Waals surface area contributed by atoms with E-state index in [1.807, 2.05) is 0 Å². The van der Waals surface area contributed by atoms with Crippen LogP contribution in [0.3, 0.4) is 0 Å². The molecule has 1 heterocycles. The van der Waals surface area contributed by atoms with Gasteiger partial charge in [-0.2, -0.15) is 0 Å². The highest BCUT2D eigenvalue weighted by Crippen LogP contribution is 2.15. The summed E-state index contributed by atoms with van der Waals surface area (Å²) < 4.78 is 5.18. The largest absolute Gasteiger partial charge is 0.384 e. The number of hydrogen-bond donors (Lipinski definition) is 1. The molecule has 0 aliphatic carbocycles. The zero-order valence-electron chi connectivity index (χ0n) is 8.34. The zero-order chi connectivity index (χ0) is 8.97. The number of methoxy groups -OCH3 is 1. The predicted molar refractivity (Wildman–Crippen MR) is 50.3 cm³/mol. The van der Waals surface area contributed by atoms with Crippen molar-refractivity contribution in [3.05, 3.63) is 0 Å². The van der Waals surface area contributed by atoms with E-state index >= 15 is 0 Å². The second kappa shape index (κ2) is 4.80. The lowest BCUT2D eigenvalue weighted by molar-refractivity contribution is 0.145. The highest BCUT2D eigenvalue weighted by molar-refractivity contribution is 4.87. The van der Waals surface area contributed by atoms with Gasteiger partial charge in [-0.25, -0.2) is 0 Å². The van der Waals surface area contributed by atoms with Crippen LogP contribution in [-0.2, 0) is 4.74 Å². The Balaban J connectivity index is 2.36. The van der Waals surface area contributed by atoms with E-state index in [2.05, 4.69) is 24.2 Å². The van der Waals surface area contributed by atoms with Crippen molar-refractivity contribution in [2.45, 2.75) is 13.0 Å². The molecule has 2 atom stereocenters. The maximum Gasteiger partial charge on any atom is 0.0518 e. The van der Waals surface area contributed by atoms with E-state index in [1.54, 1.807) is 7.11 Å². The molecular formula is C9H20N2O. The summed E-state index contributed by atoms with van der Waals surface area (Å²) in [6, 6.07) is 0.625. The van der Waals surface area contributed by atoms with Crippen LogP contribution in [0.25, 0.3) is 0 Å². The van der Waals surface area contributed by atoms with E-state index in [9.17, 15) is 0 Å². The average Bonchev–Trinajstić information content (AvgIpc) is 2.33. The molecule has 1 aliphatic rings. The Bertz CT molecular complexity index is 116. The van der Waals surface area contributed by atoms with E-state index in [0.717, 1.165) is 26.2 Å². The number of ether oxygens (including phenoxy) is 1. The summed E-state index contributed by atoms with van der Waals surface area (Å²) >= 11 is 0. The molecule has 1 saturated heterocycles. The van der Waals surface area contributed by atoms with Crippen molar-refractivity contribution in [2.75, 3.05) is 40.4 Å². The molecule has 1 N–H and O–H groups in total. The monoisotopic (exact) mass is 172 g/mol. The lowest BCUT2D eigenvalue weighted by Crippen LogP contribution is -2.37. The summed E-state index contributed by atoms with van der Waals surface area (Å²) in [7, 11) is 3.95. The highest BCUT2D eigenvalue weighted by atomic mass is 16.5. The molecule has 1 rings (SSSR count). The van der Waals surface area contributed by atoms with Crippen LogP contribution in [0.4, 0.5) is 0 Å². The van der Waals surface area contributed by atoms with E-state index in [1.165, 1.54) is 0 Å². The van der Waals surface area contributed by atoms with Crippen molar-refractivity contribution in [3.63, 3.8) is 0 Å². The lowest BCUT2D eigenvalue weighted by Gasteiger charge is -2.17.